The van der Waals surface area contributed by atoms with Crippen LogP contribution in [0.5, 0.6) is 0 Å². The molecule has 0 N–H and O–H groups in total. The molecule has 0 radical (unpaired) electrons. The summed E-state index contributed by atoms with van der Waals surface area (Å²) in [4.78, 5) is 2.44. The molecule has 3 rings (SSSR count). The molecule has 0 aromatic rings. The highest BCUT2D eigenvalue weighted by atomic mass is 16.5. The summed E-state index contributed by atoms with van der Waals surface area (Å²) in [6, 6.07) is 0. The molecule has 15 heavy (non-hydrogen) atoms. The lowest BCUT2D eigenvalue weighted by molar-refractivity contribution is -0.0448. The van der Waals surface area contributed by atoms with Gasteiger partial charge in [-0.25, -0.2) is 0 Å². The first-order valence-electron chi connectivity index (χ1n) is 5.90. The number of likely N-dealkylation sites (tertiary alicyclic amines) is 1. The molecule has 0 aromatic carbocycles. The molecule has 2 unspecified atom stereocenters. The van der Waals surface area contributed by atoms with Crippen molar-refractivity contribution in [3.8, 4) is 0 Å². The Kier molecular flexibility index (Phi) is 2.11. The maximum absolute atomic E-state index is 6.03. The van der Waals surface area contributed by atoms with Gasteiger partial charge in [0.05, 0.1) is 12.7 Å². The van der Waals surface area contributed by atoms with Gasteiger partial charge in [-0.2, -0.15) is 10.2 Å². The van der Waals surface area contributed by atoms with Crippen LogP contribution >= 0.6 is 0 Å². The normalized spacial score (nSPS) is 42.1. The van der Waals surface area contributed by atoms with Crippen LogP contribution in [0, 0.1) is 11.8 Å². The topological polar surface area (TPSA) is 37.2 Å². The predicted octanol–water partition coefficient (Wildman–Crippen LogP) is 1.53. The number of rotatable bonds is 3. The summed E-state index contributed by atoms with van der Waals surface area (Å²) in [5.41, 5.74) is -0.192. The molecule has 0 amide bonds. The molecule has 2 aliphatic heterocycles. The Morgan fingerprint density at radius 3 is 2.40 bits per heavy atom. The van der Waals surface area contributed by atoms with Crippen LogP contribution in [0.3, 0.4) is 0 Å². The van der Waals surface area contributed by atoms with Gasteiger partial charge < -0.3 is 9.64 Å². The SMILES string of the molecule is CN1CC2CCC(C1)C2OCC1(C)N=N1. The summed E-state index contributed by atoms with van der Waals surface area (Å²) in [6.45, 7) is 5.12. The van der Waals surface area contributed by atoms with Gasteiger partial charge in [-0.3, -0.25) is 0 Å². The highest BCUT2D eigenvalue weighted by Gasteiger charge is 2.44. The fourth-order valence-electron chi connectivity index (χ4n) is 3.08. The average Bonchev–Trinajstić information content (AvgIpc) is 2.86. The molecule has 4 nitrogen and oxygen atoms in total. The lowest BCUT2D eigenvalue weighted by Gasteiger charge is -2.35. The number of hydrogen-bond acceptors (Lipinski definition) is 4. The third kappa shape index (κ3) is 1.81. The molecular formula is C11H19N3O. The molecule has 2 heterocycles. The van der Waals surface area contributed by atoms with Crippen LogP contribution in [-0.4, -0.2) is 43.4 Å². The number of nitrogens with zero attached hydrogens (tertiary/aromatic N) is 3. The van der Waals surface area contributed by atoms with Gasteiger partial charge in [-0.05, 0) is 38.6 Å². The van der Waals surface area contributed by atoms with Crippen LogP contribution in [0.2, 0.25) is 0 Å². The zero-order chi connectivity index (χ0) is 10.5. The molecule has 1 aliphatic carbocycles. The van der Waals surface area contributed by atoms with Gasteiger partial charge in [0, 0.05) is 13.1 Å². The van der Waals surface area contributed by atoms with E-state index in [9.17, 15) is 0 Å². The number of ether oxygens (including phenoxy) is 1. The van der Waals surface area contributed by atoms with Gasteiger partial charge >= 0.3 is 0 Å². The van der Waals surface area contributed by atoms with Crippen LogP contribution in [-0.2, 0) is 4.74 Å². The standard InChI is InChI=1S/C11H19N3O/c1-11(12-13-11)7-15-10-8-3-4-9(10)6-14(2)5-8/h8-10H,3-7H2,1-2H3. The lowest BCUT2D eigenvalue weighted by atomic mass is 9.95. The van der Waals surface area contributed by atoms with Crippen LogP contribution in [0.4, 0.5) is 0 Å². The van der Waals surface area contributed by atoms with Crippen LogP contribution in [0.1, 0.15) is 19.8 Å². The Bertz CT molecular complexity index is 272. The molecule has 3 aliphatic rings. The van der Waals surface area contributed by atoms with E-state index in [1.807, 2.05) is 6.92 Å². The summed E-state index contributed by atoms with van der Waals surface area (Å²) in [6.07, 6.45) is 3.15. The first-order valence-corrected chi connectivity index (χ1v) is 5.90. The molecule has 1 saturated heterocycles. The van der Waals surface area contributed by atoms with E-state index in [4.69, 9.17) is 4.74 Å². The highest BCUT2D eigenvalue weighted by molar-refractivity contribution is 4.95. The quantitative estimate of drug-likeness (QED) is 0.706. The molecule has 2 fully saturated rings. The summed E-state index contributed by atoms with van der Waals surface area (Å²) in [5, 5.41) is 7.99. The van der Waals surface area contributed by atoms with Crippen LogP contribution in [0.25, 0.3) is 0 Å². The molecule has 0 spiro atoms. The van der Waals surface area contributed by atoms with Crippen molar-refractivity contribution in [2.24, 2.45) is 22.1 Å². The zero-order valence-corrected chi connectivity index (χ0v) is 9.52. The zero-order valence-electron chi connectivity index (χ0n) is 9.52. The smallest absolute Gasteiger partial charge is 0.211 e. The molecule has 1 saturated carbocycles. The first kappa shape index (κ1) is 9.73. The second kappa shape index (κ2) is 3.25. The summed E-state index contributed by atoms with van der Waals surface area (Å²) < 4.78 is 6.03. The number of fused-ring (bicyclic) bond motifs is 2. The third-order valence-corrected chi connectivity index (χ3v) is 3.92. The fourth-order valence-corrected chi connectivity index (χ4v) is 3.08. The summed E-state index contributed by atoms with van der Waals surface area (Å²) in [7, 11) is 2.22. The summed E-state index contributed by atoms with van der Waals surface area (Å²) >= 11 is 0. The minimum atomic E-state index is -0.192. The van der Waals surface area contributed by atoms with Gasteiger partial charge in [0.15, 0.2) is 0 Å². The van der Waals surface area contributed by atoms with E-state index in [1.165, 1.54) is 25.9 Å². The molecule has 0 aromatic heterocycles. The van der Waals surface area contributed by atoms with Crippen molar-refractivity contribution < 1.29 is 4.74 Å². The summed E-state index contributed by atoms with van der Waals surface area (Å²) in [5.74, 6) is 1.49. The van der Waals surface area contributed by atoms with E-state index in [2.05, 4.69) is 22.2 Å². The first-order chi connectivity index (χ1) is 7.16. The minimum Gasteiger partial charge on any atom is -0.373 e. The third-order valence-electron chi connectivity index (χ3n) is 3.92. The predicted molar refractivity (Wildman–Crippen MR) is 56.7 cm³/mol. The Morgan fingerprint density at radius 1 is 1.27 bits per heavy atom. The van der Waals surface area contributed by atoms with Gasteiger partial charge in [0.2, 0.25) is 5.66 Å². The van der Waals surface area contributed by atoms with Crippen molar-refractivity contribution in [3.05, 3.63) is 0 Å². The van der Waals surface area contributed by atoms with Crippen molar-refractivity contribution >= 4 is 0 Å². The number of piperidine rings is 1. The molecular weight excluding hydrogens is 190 g/mol. The van der Waals surface area contributed by atoms with Crippen molar-refractivity contribution in [2.75, 3.05) is 26.7 Å². The van der Waals surface area contributed by atoms with E-state index in [1.54, 1.807) is 0 Å². The van der Waals surface area contributed by atoms with Crippen LogP contribution < -0.4 is 0 Å². The maximum atomic E-state index is 6.03. The second-order valence-corrected chi connectivity index (χ2v) is 5.51. The second-order valence-electron chi connectivity index (χ2n) is 5.51. The molecule has 4 heteroatoms. The lowest BCUT2D eigenvalue weighted by Crippen LogP contribution is -2.44. The van der Waals surface area contributed by atoms with Crippen molar-refractivity contribution in [1.29, 1.82) is 0 Å². The average molecular weight is 209 g/mol. The van der Waals surface area contributed by atoms with Gasteiger partial charge in [-0.15, -0.1) is 0 Å². The van der Waals surface area contributed by atoms with Gasteiger partial charge in [0.1, 0.15) is 0 Å². The molecule has 2 atom stereocenters. The van der Waals surface area contributed by atoms with Crippen LogP contribution in [0.15, 0.2) is 10.2 Å². The van der Waals surface area contributed by atoms with E-state index < -0.39 is 0 Å². The monoisotopic (exact) mass is 209 g/mol. The Morgan fingerprint density at radius 2 is 1.87 bits per heavy atom. The maximum Gasteiger partial charge on any atom is 0.211 e. The van der Waals surface area contributed by atoms with E-state index in [0.717, 1.165) is 11.8 Å². The van der Waals surface area contributed by atoms with Gasteiger partial charge in [-0.1, -0.05) is 0 Å². The van der Waals surface area contributed by atoms with E-state index in [0.29, 0.717) is 12.7 Å². The van der Waals surface area contributed by atoms with Crippen molar-refractivity contribution in [1.82, 2.24) is 4.90 Å². The van der Waals surface area contributed by atoms with Crippen molar-refractivity contribution in [2.45, 2.75) is 31.5 Å². The largest absolute Gasteiger partial charge is 0.373 e. The highest BCUT2D eigenvalue weighted by Crippen LogP contribution is 2.39. The molecule has 84 valence electrons. The van der Waals surface area contributed by atoms with E-state index in [-0.39, 0.29) is 5.66 Å². The van der Waals surface area contributed by atoms with Gasteiger partial charge in [0.25, 0.3) is 0 Å². The van der Waals surface area contributed by atoms with E-state index >= 15 is 0 Å². The Balaban J connectivity index is 1.57. The Labute approximate surface area is 90.7 Å². The molecule has 2 bridgehead atoms. The van der Waals surface area contributed by atoms with Crippen molar-refractivity contribution in [3.63, 3.8) is 0 Å². The fraction of sp³-hybridized carbons (Fsp3) is 1.00. The Hall–Kier alpha value is -0.480. The number of hydrogen-bond donors (Lipinski definition) is 0. The minimum absolute atomic E-state index is 0.192.